The molecule has 0 bridgehead atoms. The molecular formula is C16H18ClN3O2. The van der Waals surface area contributed by atoms with Crippen molar-refractivity contribution in [1.29, 1.82) is 0 Å². The molecule has 0 amide bonds. The smallest absolute Gasteiger partial charge is 0.253 e. The van der Waals surface area contributed by atoms with E-state index in [0.29, 0.717) is 22.9 Å². The van der Waals surface area contributed by atoms with Crippen LogP contribution in [-0.2, 0) is 6.54 Å². The second-order valence-electron chi connectivity index (χ2n) is 5.66. The Bertz CT molecular complexity index is 744. The number of nitrogens with zero attached hydrogens (tertiary/aromatic N) is 2. The minimum absolute atomic E-state index is 0.377. The predicted molar refractivity (Wildman–Crippen MR) is 89.8 cm³/mol. The van der Waals surface area contributed by atoms with E-state index in [1.165, 1.54) is 0 Å². The highest BCUT2D eigenvalue weighted by Crippen LogP contribution is 2.22. The second kappa shape index (κ2) is 6.10. The van der Waals surface area contributed by atoms with Gasteiger partial charge in [0.2, 0.25) is 0 Å². The molecule has 0 saturated carbocycles. The van der Waals surface area contributed by atoms with Gasteiger partial charge in [0, 0.05) is 37.7 Å². The lowest BCUT2D eigenvalue weighted by Crippen LogP contribution is -2.50. The van der Waals surface area contributed by atoms with E-state index in [2.05, 4.69) is 17.3 Å². The van der Waals surface area contributed by atoms with Gasteiger partial charge in [0.15, 0.2) is 0 Å². The fourth-order valence-corrected chi connectivity index (χ4v) is 2.93. The van der Waals surface area contributed by atoms with Crippen LogP contribution in [0.15, 0.2) is 33.9 Å². The minimum Gasteiger partial charge on any atom is -0.376 e. The number of likely N-dealkylation sites (N-methyl/N-ethyl adjacent to an activating group) is 1. The zero-order chi connectivity index (χ0) is 15.7. The van der Waals surface area contributed by atoms with Gasteiger partial charge in [-0.3, -0.25) is 9.59 Å². The van der Waals surface area contributed by atoms with Crippen LogP contribution >= 0.6 is 11.6 Å². The van der Waals surface area contributed by atoms with Gasteiger partial charge in [-0.2, -0.15) is 0 Å². The Morgan fingerprint density at radius 2 is 1.86 bits per heavy atom. The Hall–Kier alpha value is -1.85. The Balaban J connectivity index is 1.73. The molecule has 6 heteroatoms. The van der Waals surface area contributed by atoms with Gasteiger partial charge >= 0.3 is 0 Å². The Morgan fingerprint density at radius 1 is 1.14 bits per heavy atom. The van der Waals surface area contributed by atoms with Crippen LogP contribution in [0.3, 0.4) is 0 Å². The Morgan fingerprint density at radius 3 is 2.55 bits per heavy atom. The van der Waals surface area contributed by atoms with Crippen LogP contribution in [0.5, 0.6) is 0 Å². The lowest BCUT2D eigenvalue weighted by Gasteiger charge is -2.35. The lowest BCUT2D eigenvalue weighted by molar-refractivity contribution is 0.312. The highest BCUT2D eigenvalue weighted by molar-refractivity contribution is 6.30. The summed E-state index contributed by atoms with van der Waals surface area (Å²) in [4.78, 5) is 27.9. The average molecular weight is 320 g/mol. The highest BCUT2D eigenvalue weighted by atomic mass is 35.5. The van der Waals surface area contributed by atoms with Gasteiger partial charge in [-0.15, -0.1) is 0 Å². The summed E-state index contributed by atoms with van der Waals surface area (Å²) in [7, 11) is 2.05. The molecule has 1 heterocycles. The average Bonchev–Trinajstić information content (AvgIpc) is 2.52. The monoisotopic (exact) mass is 319 g/mol. The molecule has 3 rings (SSSR count). The summed E-state index contributed by atoms with van der Waals surface area (Å²) in [6.07, 6.45) is 0. The van der Waals surface area contributed by atoms with E-state index in [4.69, 9.17) is 11.6 Å². The molecule has 2 aromatic carbocycles. The number of rotatable bonds is 4. The number of anilines is 2. The largest absolute Gasteiger partial charge is 0.376 e. The molecule has 1 N–H and O–H groups in total. The maximum Gasteiger partial charge on any atom is 0.253 e. The van der Waals surface area contributed by atoms with E-state index >= 15 is 0 Å². The Labute approximate surface area is 133 Å². The van der Waals surface area contributed by atoms with Gasteiger partial charge in [-0.25, -0.2) is 0 Å². The molecule has 0 radical (unpaired) electrons. The first-order valence-corrected chi connectivity index (χ1v) is 7.69. The van der Waals surface area contributed by atoms with Crippen LogP contribution in [0.4, 0.5) is 11.4 Å². The zero-order valence-corrected chi connectivity index (χ0v) is 13.2. The number of hydrogen-bond donors (Lipinski definition) is 1. The molecule has 0 aromatic heterocycles. The molecule has 1 saturated heterocycles. The summed E-state index contributed by atoms with van der Waals surface area (Å²) < 4.78 is 0. The molecule has 1 fully saturated rings. The van der Waals surface area contributed by atoms with Crippen molar-refractivity contribution >= 4 is 23.0 Å². The van der Waals surface area contributed by atoms with E-state index in [1.807, 2.05) is 23.1 Å². The van der Waals surface area contributed by atoms with Gasteiger partial charge < -0.3 is 15.1 Å². The van der Waals surface area contributed by atoms with Crippen LogP contribution < -0.4 is 21.1 Å². The van der Waals surface area contributed by atoms with Crippen LogP contribution in [0, 0.1) is 0 Å². The Kier molecular flexibility index (Phi) is 4.18. The van der Waals surface area contributed by atoms with Crippen LogP contribution in [0.1, 0.15) is 5.56 Å². The molecule has 22 heavy (non-hydrogen) atoms. The van der Waals surface area contributed by atoms with Crippen LogP contribution in [0.25, 0.3) is 0 Å². The maximum absolute atomic E-state index is 11.9. The van der Waals surface area contributed by atoms with Crippen molar-refractivity contribution in [2.75, 3.05) is 43.4 Å². The fraction of sp³-hybridized carbons (Fsp3) is 0.375. The molecule has 0 unspecified atom stereocenters. The van der Waals surface area contributed by atoms with Gasteiger partial charge in [0.05, 0.1) is 0 Å². The van der Waals surface area contributed by atoms with E-state index in [-0.39, 0.29) is 5.43 Å². The van der Waals surface area contributed by atoms with E-state index in [9.17, 15) is 9.59 Å². The molecule has 1 aliphatic heterocycles. The normalized spacial score (nSPS) is 16.2. The van der Waals surface area contributed by atoms with Gasteiger partial charge in [-0.05, 0) is 24.7 Å². The fourth-order valence-electron chi connectivity index (χ4n) is 2.71. The molecule has 2 aromatic rings. The summed E-state index contributed by atoms with van der Waals surface area (Å²) >= 11 is 5.95. The van der Waals surface area contributed by atoms with Crippen molar-refractivity contribution < 1.29 is 0 Å². The molecule has 0 aliphatic carbocycles. The van der Waals surface area contributed by atoms with Crippen molar-refractivity contribution in [3.63, 3.8) is 0 Å². The molecule has 116 valence electrons. The van der Waals surface area contributed by atoms with Crippen molar-refractivity contribution in [1.82, 2.24) is 4.90 Å². The number of piperazine rings is 1. The van der Waals surface area contributed by atoms with Gasteiger partial charge in [0.1, 0.15) is 11.4 Å². The molecule has 1 aliphatic rings. The first-order chi connectivity index (χ1) is 10.6. The topological polar surface area (TPSA) is 52.6 Å². The van der Waals surface area contributed by atoms with Crippen molar-refractivity contribution in [3.8, 4) is 0 Å². The zero-order valence-electron chi connectivity index (χ0n) is 12.4. The minimum atomic E-state index is -0.420. The SMILES string of the molecule is CN1CCN(c2c(NCc3cccc(Cl)c3)c(=O)c2=O)CC1. The second-order valence-corrected chi connectivity index (χ2v) is 6.09. The summed E-state index contributed by atoms with van der Waals surface area (Å²) in [5.74, 6) is 0. The molecule has 0 spiro atoms. The number of benzene rings is 1. The lowest BCUT2D eigenvalue weighted by atomic mass is 10.1. The van der Waals surface area contributed by atoms with Crippen molar-refractivity contribution in [2.45, 2.75) is 6.54 Å². The maximum atomic E-state index is 11.9. The molecule has 0 atom stereocenters. The van der Waals surface area contributed by atoms with Crippen LogP contribution in [-0.4, -0.2) is 38.1 Å². The summed E-state index contributed by atoms with van der Waals surface area (Å²) in [5.41, 5.74) is 1.16. The van der Waals surface area contributed by atoms with E-state index in [0.717, 1.165) is 31.7 Å². The number of hydrogen-bond acceptors (Lipinski definition) is 5. The molecule has 5 nitrogen and oxygen atoms in total. The third-order valence-electron chi connectivity index (χ3n) is 4.06. The van der Waals surface area contributed by atoms with Gasteiger partial charge in [-0.1, -0.05) is 23.7 Å². The molecular weight excluding hydrogens is 302 g/mol. The van der Waals surface area contributed by atoms with Gasteiger partial charge in [0.25, 0.3) is 10.9 Å². The highest BCUT2D eigenvalue weighted by Gasteiger charge is 2.27. The quantitative estimate of drug-likeness (QED) is 0.861. The third-order valence-corrected chi connectivity index (χ3v) is 4.30. The van der Waals surface area contributed by atoms with E-state index < -0.39 is 5.43 Å². The first kappa shape index (κ1) is 15.1. The van der Waals surface area contributed by atoms with E-state index in [1.54, 1.807) is 6.07 Å². The van der Waals surface area contributed by atoms with Crippen molar-refractivity contribution in [3.05, 3.63) is 55.3 Å². The summed E-state index contributed by atoms with van der Waals surface area (Å²) in [6.45, 7) is 3.81. The first-order valence-electron chi connectivity index (χ1n) is 7.31. The number of nitrogens with one attached hydrogen (secondary N) is 1. The van der Waals surface area contributed by atoms with Crippen molar-refractivity contribution in [2.24, 2.45) is 0 Å². The summed E-state index contributed by atoms with van der Waals surface area (Å²) in [5, 5.41) is 3.75. The standard InChI is InChI=1S/C16H18ClN3O2/c1-19-5-7-20(8-6-19)14-13(15(21)16(14)22)18-10-11-3-2-4-12(17)9-11/h2-4,9,18H,5-8,10H2,1H3. The summed E-state index contributed by atoms with van der Waals surface area (Å²) in [6, 6.07) is 7.44. The predicted octanol–water partition coefficient (Wildman–Crippen LogP) is 1.30. The van der Waals surface area contributed by atoms with Crippen LogP contribution in [0.2, 0.25) is 5.02 Å². The third kappa shape index (κ3) is 2.87. The number of halogens is 1.